The molecular formula is C12H17BrClN. The molecule has 0 aromatic heterocycles. The van der Waals surface area contributed by atoms with E-state index in [1.165, 1.54) is 6.42 Å². The van der Waals surface area contributed by atoms with Crippen molar-refractivity contribution in [3.05, 3.63) is 33.3 Å². The lowest BCUT2D eigenvalue weighted by Crippen LogP contribution is -2.18. The molecule has 0 amide bonds. The molecule has 0 heterocycles. The summed E-state index contributed by atoms with van der Waals surface area (Å²) in [6, 6.07) is 6.00. The second-order valence-electron chi connectivity index (χ2n) is 3.97. The van der Waals surface area contributed by atoms with Crippen LogP contribution in [0.1, 0.15) is 38.3 Å². The highest BCUT2D eigenvalue weighted by Gasteiger charge is 2.14. The quantitative estimate of drug-likeness (QED) is 0.865. The van der Waals surface area contributed by atoms with Gasteiger partial charge in [0.25, 0.3) is 0 Å². The van der Waals surface area contributed by atoms with Gasteiger partial charge in [-0.25, -0.2) is 0 Å². The highest BCUT2D eigenvalue weighted by molar-refractivity contribution is 9.10. The number of halogens is 2. The molecule has 2 atom stereocenters. The zero-order valence-corrected chi connectivity index (χ0v) is 11.5. The molecule has 0 aliphatic heterocycles. The third kappa shape index (κ3) is 3.47. The van der Waals surface area contributed by atoms with E-state index in [0.29, 0.717) is 5.92 Å². The van der Waals surface area contributed by atoms with Crippen molar-refractivity contribution in [2.45, 2.75) is 32.7 Å². The lowest BCUT2D eigenvalue weighted by atomic mass is 9.92. The molecule has 0 bridgehead atoms. The van der Waals surface area contributed by atoms with E-state index >= 15 is 0 Å². The Kier molecular flexibility index (Phi) is 5.10. The second kappa shape index (κ2) is 5.88. The van der Waals surface area contributed by atoms with E-state index < -0.39 is 0 Å². The largest absolute Gasteiger partial charge is 0.324 e. The lowest BCUT2D eigenvalue weighted by Gasteiger charge is -2.20. The van der Waals surface area contributed by atoms with E-state index in [4.69, 9.17) is 17.3 Å². The van der Waals surface area contributed by atoms with Crippen LogP contribution in [0.2, 0.25) is 5.02 Å². The summed E-state index contributed by atoms with van der Waals surface area (Å²) in [5.74, 6) is 0.503. The molecule has 15 heavy (non-hydrogen) atoms. The van der Waals surface area contributed by atoms with Gasteiger partial charge in [-0.15, -0.1) is 0 Å². The number of nitrogens with two attached hydrogens (primary N) is 1. The molecule has 0 fully saturated rings. The van der Waals surface area contributed by atoms with Gasteiger partial charge in [0.05, 0.1) is 5.02 Å². The van der Waals surface area contributed by atoms with Crippen LogP contribution in [0.3, 0.4) is 0 Å². The van der Waals surface area contributed by atoms with Crippen LogP contribution in [0.5, 0.6) is 0 Å². The molecule has 1 aromatic carbocycles. The maximum Gasteiger partial charge on any atom is 0.0548 e. The molecule has 2 unspecified atom stereocenters. The number of hydrogen-bond donors (Lipinski definition) is 1. The average Bonchev–Trinajstić information content (AvgIpc) is 2.21. The Morgan fingerprint density at radius 2 is 2.13 bits per heavy atom. The monoisotopic (exact) mass is 289 g/mol. The summed E-state index contributed by atoms with van der Waals surface area (Å²) in [5.41, 5.74) is 7.33. The summed E-state index contributed by atoms with van der Waals surface area (Å²) in [7, 11) is 0. The first kappa shape index (κ1) is 13.0. The Bertz CT molecular complexity index is 327. The zero-order valence-electron chi connectivity index (χ0n) is 9.13. The first-order valence-corrected chi connectivity index (χ1v) is 6.44. The summed E-state index contributed by atoms with van der Waals surface area (Å²) >= 11 is 9.35. The van der Waals surface area contributed by atoms with Crippen LogP contribution >= 0.6 is 27.5 Å². The van der Waals surface area contributed by atoms with Gasteiger partial charge >= 0.3 is 0 Å². The van der Waals surface area contributed by atoms with Gasteiger partial charge in [-0.1, -0.05) is 37.9 Å². The van der Waals surface area contributed by atoms with E-state index in [2.05, 4.69) is 29.8 Å². The van der Waals surface area contributed by atoms with E-state index in [-0.39, 0.29) is 6.04 Å². The SMILES string of the molecule is CCCC(C)C(N)c1ccc(Cl)c(Br)c1. The van der Waals surface area contributed by atoms with E-state index in [0.717, 1.165) is 21.5 Å². The fourth-order valence-electron chi connectivity index (χ4n) is 1.68. The molecule has 0 aliphatic carbocycles. The van der Waals surface area contributed by atoms with Crippen LogP contribution in [0.15, 0.2) is 22.7 Å². The van der Waals surface area contributed by atoms with Crippen molar-refractivity contribution in [2.24, 2.45) is 11.7 Å². The predicted molar refractivity (Wildman–Crippen MR) is 70.2 cm³/mol. The summed E-state index contributed by atoms with van der Waals surface area (Å²) in [5, 5.41) is 0.731. The van der Waals surface area contributed by atoms with Crippen molar-refractivity contribution < 1.29 is 0 Å². The summed E-state index contributed by atoms with van der Waals surface area (Å²) in [6.45, 7) is 4.37. The third-order valence-electron chi connectivity index (χ3n) is 2.69. The molecule has 0 saturated carbocycles. The Balaban J connectivity index is 2.81. The standard InChI is InChI=1S/C12H17BrClN/c1-3-4-8(2)12(15)9-5-6-11(14)10(13)7-9/h5-8,12H,3-4,15H2,1-2H3. The Hall–Kier alpha value is -0.0500. The van der Waals surface area contributed by atoms with E-state index in [1.54, 1.807) is 0 Å². The van der Waals surface area contributed by atoms with Gasteiger partial charge in [-0.05, 0) is 46.0 Å². The highest BCUT2D eigenvalue weighted by Crippen LogP contribution is 2.29. The average molecular weight is 291 g/mol. The smallest absolute Gasteiger partial charge is 0.0548 e. The molecule has 0 radical (unpaired) electrons. The van der Waals surface area contributed by atoms with Gasteiger partial charge < -0.3 is 5.73 Å². The van der Waals surface area contributed by atoms with E-state index in [9.17, 15) is 0 Å². The maximum absolute atomic E-state index is 6.18. The third-order valence-corrected chi connectivity index (χ3v) is 3.90. The van der Waals surface area contributed by atoms with Crippen molar-refractivity contribution in [1.82, 2.24) is 0 Å². The highest BCUT2D eigenvalue weighted by atomic mass is 79.9. The minimum Gasteiger partial charge on any atom is -0.324 e. The van der Waals surface area contributed by atoms with Crippen LogP contribution < -0.4 is 5.73 Å². The minimum absolute atomic E-state index is 0.0958. The fourth-order valence-corrected chi connectivity index (χ4v) is 2.20. The molecule has 0 saturated heterocycles. The molecule has 0 spiro atoms. The minimum atomic E-state index is 0.0958. The second-order valence-corrected chi connectivity index (χ2v) is 5.23. The van der Waals surface area contributed by atoms with Gasteiger partial charge in [0.15, 0.2) is 0 Å². The Labute approximate surface area is 105 Å². The topological polar surface area (TPSA) is 26.0 Å². The lowest BCUT2D eigenvalue weighted by molar-refractivity contribution is 0.433. The van der Waals surface area contributed by atoms with Gasteiger partial charge in [0, 0.05) is 10.5 Å². The van der Waals surface area contributed by atoms with Crippen molar-refractivity contribution >= 4 is 27.5 Å². The summed E-state index contributed by atoms with van der Waals surface area (Å²) < 4.78 is 0.917. The first-order chi connectivity index (χ1) is 7.06. The summed E-state index contributed by atoms with van der Waals surface area (Å²) in [6.07, 6.45) is 2.32. The molecule has 1 aromatic rings. The zero-order chi connectivity index (χ0) is 11.4. The molecule has 0 aliphatic rings. The van der Waals surface area contributed by atoms with Crippen LogP contribution in [0, 0.1) is 5.92 Å². The predicted octanol–water partition coefficient (Wildman–Crippen LogP) is 4.54. The van der Waals surface area contributed by atoms with Crippen LogP contribution in [-0.4, -0.2) is 0 Å². The molecular weight excluding hydrogens is 273 g/mol. The van der Waals surface area contributed by atoms with Crippen molar-refractivity contribution in [1.29, 1.82) is 0 Å². The van der Waals surface area contributed by atoms with Crippen LogP contribution in [0.25, 0.3) is 0 Å². The van der Waals surface area contributed by atoms with Crippen molar-refractivity contribution in [3.8, 4) is 0 Å². The Morgan fingerprint density at radius 1 is 1.47 bits per heavy atom. The summed E-state index contributed by atoms with van der Waals surface area (Å²) in [4.78, 5) is 0. The van der Waals surface area contributed by atoms with Crippen LogP contribution in [-0.2, 0) is 0 Å². The number of benzene rings is 1. The van der Waals surface area contributed by atoms with Crippen molar-refractivity contribution in [3.63, 3.8) is 0 Å². The van der Waals surface area contributed by atoms with Crippen LogP contribution in [0.4, 0.5) is 0 Å². The fraction of sp³-hybridized carbons (Fsp3) is 0.500. The van der Waals surface area contributed by atoms with E-state index in [1.807, 2.05) is 18.2 Å². The molecule has 3 heteroatoms. The Morgan fingerprint density at radius 3 is 2.67 bits per heavy atom. The maximum atomic E-state index is 6.18. The van der Waals surface area contributed by atoms with Gasteiger partial charge in [0.2, 0.25) is 0 Å². The molecule has 84 valence electrons. The first-order valence-electron chi connectivity index (χ1n) is 5.26. The van der Waals surface area contributed by atoms with Gasteiger partial charge in [-0.3, -0.25) is 0 Å². The molecule has 1 nitrogen and oxygen atoms in total. The van der Waals surface area contributed by atoms with Crippen molar-refractivity contribution in [2.75, 3.05) is 0 Å². The number of hydrogen-bond acceptors (Lipinski definition) is 1. The van der Waals surface area contributed by atoms with Gasteiger partial charge in [-0.2, -0.15) is 0 Å². The molecule has 1 rings (SSSR count). The molecule has 2 N–H and O–H groups in total. The normalized spacial score (nSPS) is 15.0. The van der Waals surface area contributed by atoms with Gasteiger partial charge in [0.1, 0.15) is 0 Å². The number of rotatable bonds is 4.